The van der Waals surface area contributed by atoms with E-state index in [1.54, 1.807) is 25.4 Å². The predicted molar refractivity (Wildman–Crippen MR) is 101 cm³/mol. The number of aryl methyl sites for hydroxylation is 2. The Balaban J connectivity index is 1.91. The Labute approximate surface area is 147 Å². The number of hydrogen-bond acceptors (Lipinski definition) is 5. The molecule has 3 aromatic rings. The summed E-state index contributed by atoms with van der Waals surface area (Å²) in [6.07, 6.45) is 1.68. The first-order chi connectivity index (χ1) is 12.0. The van der Waals surface area contributed by atoms with Crippen LogP contribution < -0.4 is 10.9 Å². The van der Waals surface area contributed by atoms with E-state index in [1.807, 2.05) is 0 Å². The lowest BCUT2D eigenvalue weighted by molar-refractivity contribution is 0.311. The van der Waals surface area contributed by atoms with Crippen molar-refractivity contribution in [3.63, 3.8) is 0 Å². The number of rotatable bonds is 5. The zero-order valence-electron chi connectivity index (χ0n) is 15.0. The molecule has 0 aliphatic rings. The van der Waals surface area contributed by atoms with Crippen molar-refractivity contribution >= 4 is 16.7 Å². The second-order valence-corrected chi connectivity index (χ2v) is 6.45. The molecule has 25 heavy (non-hydrogen) atoms. The van der Waals surface area contributed by atoms with Crippen LogP contribution in [0.2, 0.25) is 0 Å². The SMILES string of the molecule is Cc1ccc(C(CNc2nn(C)c(=O)c3cccnc23)N(C)C)cc1. The minimum absolute atomic E-state index is 0.142. The van der Waals surface area contributed by atoms with Gasteiger partial charge in [-0.1, -0.05) is 29.8 Å². The summed E-state index contributed by atoms with van der Waals surface area (Å²) in [5, 5.41) is 8.30. The van der Waals surface area contributed by atoms with Crippen molar-refractivity contribution in [3.05, 3.63) is 64.1 Å². The molecule has 0 spiro atoms. The third-order valence-electron chi connectivity index (χ3n) is 4.35. The van der Waals surface area contributed by atoms with Crippen LogP contribution in [0.1, 0.15) is 17.2 Å². The van der Waals surface area contributed by atoms with Crippen molar-refractivity contribution in [1.29, 1.82) is 0 Å². The highest BCUT2D eigenvalue weighted by atomic mass is 16.1. The summed E-state index contributed by atoms with van der Waals surface area (Å²) >= 11 is 0. The van der Waals surface area contributed by atoms with Crippen LogP contribution >= 0.6 is 0 Å². The summed E-state index contributed by atoms with van der Waals surface area (Å²) in [7, 11) is 5.76. The lowest BCUT2D eigenvalue weighted by atomic mass is 10.0. The summed E-state index contributed by atoms with van der Waals surface area (Å²) in [5.41, 5.74) is 2.93. The maximum absolute atomic E-state index is 12.2. The minimum Gasteiger partial charge on any atom is -0.365 e. The zero-order chi connectivity index (χ0) is 18.0. The van der Waals surface area contributed by atoms with Crippen LogP contribution in [0.15, 0.2) is 47.4 Å². The highest BCUT2D eigenvalue weighted by Crippen LogP contribution is 2.21. The van der Waals surface area contributed by atoms with E-state index in [2.05, 4.69) is 65.6 Å². The number of likely N-dealkylation sites (N-methyl/N-ethyl adjacent to an activating group) is 1. The summed E-state index contributed by atoms with van der Waals surface area (Å²) in [6, 6.07) is 12.3. The van der Waals surface area contributed by atoms with Gasteiger partial charge >= 0.3 is 0 Å². The second-order valence-electron chi connectivity index (χ2n) is 6.45. The first kappa shape index (κ1) is 17.1. The van der Waals surface area contributed by atoms with Crippen LogP contribution in [0.25, 0.3) is 10.9 Å². The maximum Gasteiger partial charge on any atom is 0.276 e. The molecule has 130 valence electrons. The molecule has 1 aromatic carbocycles. The highest BCUT2D eigenvalue weighted by Gasteiger charge is 2.16. The molecule has 1 atom stereocenters. The van der Waals surface area contributed by atoms with E-state index in [-0.39, 0.29) is 11.6 Å². The van der Waals surface area contributed by atoms with Crippen molar-refractivity contribution in [2.75, 3.05) is 26.0 Å². The monoisotopic (exact) mass is 337 g/mol. The lowest BCUT2D eigenvalue weighted by Crippen LogP contribution is -2.28. The van der Waals surface area contributed by atoms with Gasteiger partial charge in [0.05, 0.1) is 11.4 Å². The Morgan fingerprint density at radius 2 is 1.92 bits per heavy atom. The molecule has 1 N–H and O–H groups in total. The zero-order valence-corrected chi connectivity index (χ0v) is 15.0. The van der Waals surface area contributed by atoms with Crippen LogP contribution in [0.3, 0.4) is 0 Å². The van der Waals surface area contributed by atoms with Crippen molar-refractivity contribution in [2.45, 2.75) is 13.0 Å². The van der Waals surface area contributed by atoms with Crippen molar-refractivity contribution < 1.29 is 0 Å². The van der Waals surface area contributed by atoms with E-state index >= 15 is 0 Å². The van der Waals surface area contributed by atoms with Gasteiger partial charge in [-0.05, 0) is 38.7 Å². The van der Waals surface area contributed by atoms with Crippen LogP contribution in [-0.2, 0) is 7.05 Å². The Bertz CT molecular complexity index is 931. The van der Waals surface area contributed by atoms with Gasteiger partial charge in [0.25, 0.3) is 5.56 Å². The highest BCUT2D eigenvalue weighted by molar-refractivity contribution is 5.86. The second kappa shape index (κ2) is 7.03. The van der Waals surface area contributed by atoms with Crippen molar-refractivity contribution in [2.24, 2.45) is 7.05 Å². The molecule has 6 nitrogen and oxygen atoms in total. The molecular formula is C19H23N5O. The Kier molecular flexibility index (Phi) is 4.81. The number of pyridine rings is 1. The third-order valence-corrected chi connectivity index (χ3v) is 4.35. The number of benzene rings is 1. The molecule has 0 bridgehead atoms. The first-order valence-corrected chi connectivity index (χ1v) is 8.26. The van der Waals surface area contributed by atoms with E-state index in [0.29, 0.717) is 23.3 Å². The van der Waals surface area contributed by atoms with E-state index in [9.17, 15) is 4.79 Å². The van der Waals surface area contributed by atoms with Crippen LogP contribution in [0, 0.1) is 6.92 Å². The van der Waals surface area contributed by atoms with Gasteiger partial charge in [-0.25, -0.2) is 4.68 Å². The first-order valence-electron chi connectivity index (χ1n) is 8.26. The molecule has 0 saturated heterocycles. The summed E-state index contributed by atoms with van der Waals surface area (Å²) in [5.74, 6) is 0.622. The van der Waals surface area contributed by atoms with Crippen LogP contribution in [0.4, 0.5) is 5.82 Å². The molecule has 2 heterocycles. The van der Waals surface area contributed by atoms with E-state index in [1.165, 1.54) is 15.8 Å². The van der Waals surface area contributed by atoms with Gasteiger partial charge in [0, 0.05) is 19.8 Å². The Hall–Kier alpha value is -2.73. The maximum atomic E-state index is 12.2. The molecule has 0 aliphatic carbocycles. The van der Waals surface area contributed by atoms with Gasteiger partial charge in [0.1, 0.15) is 5.52 Å². The van der Waals surface area contributed by atoms with E-state index in [4.69, 9.17) is 0 Å². The smallest absolute Gasteiger partial charge is 0.276 e. The quantitative estimate of drug-likeness (QED) is 0.774. The molecule has 3 rings (SSSR count). The molecular weight excluding hydrogens is 314 g/mol. The van der Waals surface area contributed by atoms with Gasteiger partial charge in [0.15, 0.2) is 5.82 Å². The number of nitrogens with zero attached hydrogens (tertiary/aromatic N) is 4. The Morgan fingerprint density at radius 3 is 2.60 bits per heavy atom. The molecule has 0 saturated carbocycles. The molecule has 0 fully saturated rings. The van der Waals surface area contributed by atoms with Gasteiger partial charge < -0.3 is 10.2 Å². The topological polar surface area (TPSA) is 63.1 Å². The normalized spacial score (nSPS) is 12.5. The number of aromatic nitrogens is 3. The van der Waals surface area contributed by atoms with Gasteiger partial charge in [-0.2, -0.15) is 5.10 Å². The lowest BCUT2D eigenvalue weighted by Gasteiger charge is -2.25. The van der Waals surface area contributed by atoms with Crippen LogP contribution in [-0.4, -0.2) is 40.3 Å². The average Bonchev–Trinajstić information content (AvgIpc) is 2.60. The Morgan fingerprint density at radius 1 is 1.20 bits per heavy atom. The number of nitrogens with one attached hydrogen (secondary N) is 1. The molecule has 0 radical (unpaired) electrons. The summed E-state index contributed by atoms with van der Waals surface area (Å²) in [6.45, 7) is 2.74. The van der Waals surface area contributed by atoms with Crippen molar-refractivity contribution in [1.82, 2.24) is 19.7 Å². The van der Waals surface area contributed by atoms with Gasteiger partial charge in [-0.3, -0.25) is 9.78 Å². The third kappa shape index (κ3) is 3.53. The van der Waals surface area contributed by atoms with Gasteiger partial charge in [0.2, 0.25) is 0 Å². The fourth-order valence-electron chi connectivity index (χ4n) is 2.88. The largest absolute Gasteiger partial charge is 0.365 e. The molecule has 6 heteroatoms. The minimum atomic E-state index is -0.142. The number of fused-ring (bicyclic) bond motifs is 1. The van der Waals surface area contributed by atoms with E-state index in [0.717, 1.165) is 0 Å². The standard InChI is InChI=1S/C19H23N5O/c1-13-7-9-14(10-8-13)16(23(2)3)12-21-18-17-15(6-5-11-20-17)19(25)24(4)22-18/h5-11,16H,12H2,1-4H3,(H,21,22). The molecule has 2 aromatic heterocycles. The summed E-state index contributed by atoms with van der Waals surface area (Å²) < 4.78 is 1.35. The van der Waals surface area contributed by atoms with Crippen LogP contribution in [0.5, 0.6) is 0 Å². The number of hydrogen-bond donors (Lipinski definition) is 1. The molecule has 0 aliphatic heterocycles. The predicted octanol–water partition coefficient (Wildman–Crippen LogP) is 2.35. The molecule has 1 unspecified atom stereocenters. The number of anilines is 1. The fraction of sp³-hybridized carbons (Fsp3) is 0.316. The fourth-order valence-corrected chi connectivity index (χ4v) is 2.88. The summed E-state index contributed by atoms with van der Waals surface area (Å²) in [4.78, 5) is 18.7. The van der Waals surface area contributed by atoms with Crippen molar-refractivity contribution in [3.8, 4) is 0 Å². The van der Waals surface area contributed by atoms with Gasteiger partial charge in [-0.15, -0.1) is 0 Å². The van der Waals surface area contributed by atoms with E-state index < -0.39 is 0 Å². The molecule has 0 amide bonds. The average molecular weight is 337 g/mol.